The van der Waals surface area contributed by atoms with E-state index in [0.29, 0.717) is 0 Å². The normalized spacial score (nSPS) is 12.1. The van der Waals surface area contributed by atoms with Crippen molar-refractivity contribution in [2.75, 3.05) is 24.4 Å². The Morgan fingerprint density at radius 1 is 0.886 bits per heavy atom. The van der Waals surface area contributed by atoms with Crippen molar-refractivity contribution in [2.45, 2.75) is 29.7 Å². The molecule has 2 aromatic rings. The third kappa shape index (κ3) is 8.45. The van der Waals surface area contributed by atoms with Gasteiger partial charge in [-0.3, -0.25) is 13.9 Å². The van der Waals surface area contributed by atoms with Gasteiger partial charge in [-0.15, -0.1) is 0 Å². The van der Waals surface area contributed by atoms with Gasteiger partial charge in [0.25, 0.3) is 20.2 Å². The predicted octanol–water partition coefficient (Wildman–Crippen LogP) is 2.47. The van der Waals surface area contributed by atoms with Crippen molar-refractivity contribution < 1.29 is 40.3 Å². The van der Waals surface area contributed by atoms with Crippen molar-refractivity contribution in [1.82, 2.24) is 5.32 Å². The monoisotopic (exact) mass is 527 g/mol. The Labute approximate surface area is 202 Å². The van der Waals surface area contributed by atoms with Gasteiger partial charge in [-0.1, -0.05) is 24.3 Å². The number of amides is 3. The minimum Gasteiger partial charge on any atom is -0.375 e. The number of hydrogen-bond acceptors (Lipinski definition) is 7. The van der Waals surface area contributed by atoms with Crippen LogP contribution in [0.15, 0.2) is 46.2 Å². The number of urea groups is 1. The lowest BCUT2D eigenvalue weighted by Gasteiger charge is -2.12. The summed E-state index contributed by atoms with van der Waals surface area (Å²) in [6, 6.07) is 6.62. The van der Waals surface area contributed by atoms with E-state index in [1.54, 1.807) is 13.8 Å². The number of carbonyl (C=O) groups is 2. The highest BCUT2D eigenvalue weighted by Gasteiger charge is 2.18. The van der Waals surface area contributed by atoms with Gasteiger partial charge in [0.2, 0.25) is 5.91 Å². The van der Waals surface area contributed by atoms with E-state index in [-0.39, 0.29) is 35.2 Å². The minimum atomic E-state index is -4.73. The van der Waals surface area contributed by atoms with E-state index in [4.69, 9.17) is 0 Å². The molecule has 14 heteroatoms. The maximum atomic E-state index is 11.9. The van der Waals surface area contributed by atoms with Crippen molar-refractivity contribution in [1.29, 1.82) is 0 Å². The van der Waals surface area contributed by atoms with E-state index in [2.05, 4.69) is 20.7 Å². The average Bonchev–Trinajstić information content (AvgIpc) is 2.71. The van der Waals surface area contributed by atoms with Gasteiger partial charge < -0.3 is 20.7 Å². The highest BCUT2D eigenvalue weighted by atomic mass is 32.2. The molecule has 2 aromatic carbocycles. The second kappa shape index (κ2) is 11.4. The Bertz CT molecular complexity index is 1350. The van der Waals surface area contributed by atoms with Crippen molar-refractivity contribution in [3.8, 4) is 0 Å². The molecule has 0 heterocycles. The summed E-state index contributed by atoms with van der Waals surface area (Å²) in [6.07, 6.45) is 2.40. The summed E-state index contributed by atoms with van der Waals surface area (Å²) in [5.74, 6) is -0.550. The molecule has 0 aliphatic rings. The van der Waals surface area contributed by atoms with Crippen LogP contribution >= 0.6 is 0 Å². The molecule has 35 heavy (non-hydrogen) atoms. The highest BCUT2D eigenvalue weighted by Crippen LogP contribution is 2.26. The van der Waals surface area contributed by atoms with Gasteiger partial charge in [-0.2, -0.15) is 16.8 Å². The molecule has 0 unspecified atom stereocenters. The lowest BCUT2D eigenvalue weighted by molar-refractivity contribution is -0.119. The van der Waals surface area contributed by atoms with Gasteiger partial charge in [0.1, 0.15) is 16.4 Å². The number of rotatable bonds is 9. The molecule has 0 aromatic heterocycles. The summed E-state index contributed by atoms with van der Waals surface area (Å²) >= 11 is 0. The third-order valence-electron chi connectivity index (χ3n) is 4.26. The van der Waals surface area contributed by atoms with E-state index in [1.807, 2.05) is 0 Å². The van der Waals surface area contributed by atoms with Crippen LogP contribution in [0.1, 0.15) is 25.0 Å². The Balaban J connectivity index is 2.45. The zero-order valence-electron chi connectivity index (χ0n) is 19.0. The highest BCUT2D eigenvalue weighted by molar-refractivity contribution is 7.86. The van der Waals surface area contributed by atoms with Crippen LogP contribution in [0.25, 0.3) is 12.2 Å². The van der Waals surface area contributed by atoms with E-state index in [9.17, 15) is 35.5 Å². The van der Waals surface area contributed by atoms with Gasteiger partial charge >= 0.3 is 6.03 Å². The zero-order valence-corrected chi connectivity index (χ0v) is 20.6. The smallest absolute Gasteiger partial charge is 0.319 e. The first-order valence-corrected chi connectivity index (χ1v) is 12.9. The Hall–Kier alpha value is -3.30. The SMILES string of the molecule is COCC(=O)Nc1ccc(C=Cc2ccc(NC(=O)NC(C)C)cc2S(=O)(=O)O)c(S(=O)(=O)O)c1. The summed E-state index contributed by atoms with van der Waals surface area (Å²) in [7, 11) is -8.16. The Kier molecular flexibility index (Phi) is 9.12. The van der Waals surface area contributed by atoms with Crippen LogP contribution in [0.2, 0.25) is 0 Å². The van der Waals surface area contributed by atoms with Gasteiger partial charge in [0, 0.05) is 24.5 Å². The molecule has 190 valence electrons. The first-order chi connectivity index (χ1) is 16.2. The van der Waals surface area contributed by atoms with Gasteiger partial charge in [-0.25, -0.2) is 4.79 Å². The van der Waals surface area contributed by atoms with Crippen molar-refractivity contribution in [3.63, 3.8) is 0 Å². The molecule has 0 saturated heterocycles. The summed E-state index contributed by atoms with van der Waals surface area (Å²) in [6.45, 7) is 3.20. The minimum absolute atomic E-state index is 0.0268. The number of hydrogen-bond donors (Lipinski definition) is 5. The van der Waals surface area contributed by atoms with Crippen LogP contribution in [-0.2, 0) is 29.8 Å². The van der Waals surface area contributed by atoms with Gasteiger partial charge in [0.05, 0.1) is 0 Å². The maximum Gasteiger partial charge on any atom is 0.319 e. The van der Waals surface area contributed by atoms with Crippen molar-refractivity contribution >= 4 is 55.7 Å². The van der Waals surface area contributed by atoms with Crippen LogP contribution in [0.4, 0.5) is 16.2 Å². The molecular formula is C21H25N3O9S2. The molecule has 0 saturated carbocycles. The molecular weight excluding hydrogens is 502 g/mol. The van der Waals surface area contributed by atoms with E-state index in [0.717, 1.165) is 12.1 Å². The van der Waals surface area contributed by atoms with E-state index >= 15 is 0 Å². The molecule has 3 amide bonds. The quantitative estimate of drug-likeness (QED) is 0.241. The lowest BCUT2D eigenvalue weighted by atomic mass is 10.1. The third-order valence-corrected chi connectivity index (χ3v) is 6.08. The van der Waals surface area contributed by atoms with Crippen LogP contribution in [0, 0.1) is 0 Å². The first-order valence-electron chi connectivity index (χ1n) is 9.98. The molecule has 0 spiro atoms. The molecule has 0 aliphatic carbocycles. The van der Waals surface area contributed by atoms with E-state index in [1.165, 1.54) is 43.5 Å². The Morgan fingerprint density at radius 3 is 1.74 bits per heavy atom. The Morgan fingerprint density at radius 2 is 1.34 bits per heavy atom. The number of ether oxygens (including phenoxy) is 1. The van der Waals surface area contributed by atoms with Crippen LogP contribution in [0.3, 0.4) is 0 Å². The van der Waals surface area contributed by atoms with Crippen LogP contribution in [0.5, 0.6) is 0 Å². The van der Waals surface area contributed by atoms with Crippen LogP contribution in [-0.4, -0.2) is 57.6 Å². The fourth-order valence-electron chi connectivity index (χ4n) is 2.88. The summed E-state index contributed by atoms with van der Waals surface area (Å²) < 4.78 is 71.5. The van der Waals surface area contributed by atoms with Gasteiger partial charge in [-0.05, 0) is 49.2 Å². The molecule has 0 radical (unpaired) electrons. The fourth-order valence-corrected chi connectivity index (χ4v) is 4.30. The predicted molar refractivity (Wildman–Crippen MR) is 129 cm³/mol. The molecule has 5 N–H and O–H groups in total. The largest absolute Gasteiger partial charge is 0.375 e. The topological polar surface area (TPSA) is 188 Å². The molecule has 2 rings (SSSR count). The zero-order chi connectivity index (χ0) is 26.4. The number of anilines is 2. The second-order valence-electron chi connectivity index (χ2n) is 7.52. The van der Waals surface area contributed by atoms with Crippen molar-refractivity contribution in [2.24, 2.45) is 0 Å². The molecule has 0 bridgehead atoms. The molecule has 0 aliphatic heterocycles. The number of carbonyl (C=O) groups excluding carboxylic acids is 2. The molecule has 0 fully saturated rings. The fraction of sp³-hybridized carbons (Fsp3) is 0.238. The molecule has 12 nitrogen and oxygen atoms in total. The van der Waals surface area contributed by atoms with Crippen LogP contribution < -0.4 is 16.0 Å². The van der Waals surface area contributed by atoms with Gasteiger partial charge in [0.15, 0.2) is 0 Å². The second-order valence-corrected chi connectivity index (χ2v) is 10.3. The summed E-state index contributed by atoms with van der Waals surface area (Å²) in [5.41, 5.74) is 0.103. The molecule has 0 atom stereocenters. The lowest BCUT2D eigenvalue weighted by Crippen LogP contribution is -2.34. The number of benzene rings is 2. The standard InChI is InChI=1S/C21H25N3O9S2/c1-13(2)22-21(26)24-17-9-7-15(19(11-17)35(30,31)32)5-4-14-6-8-16(23-20(25)12-33-3)10-18(14)34(27,28)29/h4-11,13H,12H2,1-3H3,(H,23,25)(H2,22,24,26)(H,27,28,29)(H,30,31,32). The summed E-state index contributed by atoms with van der Waals surface area (Å²) in [5, 5.41) is 7.41. The maximum absolute atomic E-state index is 11.9. The first kappa shape index (κ1) is 27.9. The van der Waals surface area contributed by atoms with Crippen molar-refractivity contribution in [3.05, 3.63) is 47.5 Å². The number of nitrogens with one attached hydrogen (secondary N) is 3. The summed E-state index contributed by atoms with van der Waals surface area (Å²) in [4.78, 5) is 22.5. The van der Waals surface area contributed by atoms with E-state index < -0.39 is 42.0 Å². The average molecular weight is 528 g/mol. The number of methoxy groups -OCH3 is 1.